The third kappa shape index (κ3) is 2.80. The number of rotatable bonds is 2. The van der Waals surface area contributed by atoms with Crippen molar-refractivity contribution in [1.29, 1.82) is 0 Å². The van der Waals surface area contributed by atoms with Crippen molar-refractivity contribution >= 4 is 11.6 Å². The van der Waals surface area contributed by atoms with E-state index in [1.54, 1.807) is 0 Å². The summed E-state index contributed by atoms with van der Waals surface area (Å²) in [4.78, 5) is 13.0. The molecule has 1 aliphatic rings. The van der Waals surface area contributed by atoms with E-state index in [9.17, 15) is 22.4 Å². The molecule has 2 rings (SSSR count). The van der Waals surface area contributed by atoms with Gasteiger partial charge in [0.25, 0.3) is 0 Å². The Morgan fingerprint density at radius 2 is 2.06 bits per heavy atom. The molecule has 1 saturated heterocycles. The van der Waals surface area contributed by atoms with Gasteiger partial charge in [0.05, 0.1) is 6.42 Å². The van der Waals surface area contributed by atoms with Gasteiger partial charge in [0.1, 0.15) is 5.82 Å². The summed E-state index contributed by atoms with van der Waals surface area (Å²) in [6.07, 6.45) is -5.31. The number of carbonyl (C=O) groups is 1. The third-order valence-electron chi connectivity index (χ3n) is 2.91. The number of hydrogen-bond donors (Lipinski definition) is 0. The van der Waals surface area contributed by atoms with E-state index >= 15 is 0 Å². The molecule has 0 aromatic heterocycles. The van der Waals surface area contributed by atoms with Crippen LogP contribution in [0.15, 0.2) is 24.3 Å². The van der Waals surface area contributed by atoms with E-state index in [0.717, 1.165) is 6.07 Å². The first kappa shape index (κ1) is 12.9. The van der Waals surface area contributed by atoms with Crippen molar-refractivity contribution in [1.82, 2.24) is 0 Å². The predicted molar refractivity (Wildman–Crippen MR) is 57.5 cm³/mol. The van der Waals surface area contributed by atoms with Crippen LogP contribution in [0.5, 0.6) is 0 Å². The average Bonchev–Trinajstić information content (AvgIpc) is 2.58. The van der Waals surface area contributed by atoms with Crippen LogP contribution in [0, 0.1) is 11.7 Å². The van der Waals surface area contributed by atoms with Gasteiger partial charge in [-0.2, -0.15) is 13.2 Å². The first-order valence-electron chi connectivity index (χ1n) is 5.50. The highest BCUT2D eigenvalue weighted by molar-refractivity contribution is 5.97. The second-order valence-corrected chi connectivity index (χ2v) is 4.27. The molecule has 1 aromatic rings. The Labute approximate surface area is 101 Å². The first-order chi connectivity index (χ1) is 8.37. The molecular formula is C12H11F4NO. The van der Waals surface area contributed by atoms with Gasteiger partial charge in [-0.15, -0.1) is 0 Å². The summed E-state index contributed by atoms with van der Waals surface area (Å²) >= 11 is 0. The molecule has 0 radical (unpaired) electrons. The zero-order valence-electron chi connectivity index (χ0n) is 9.38. The van der Waals surface area contributed by atoms with Gasteiger partial charge in [-0.05, 0) is 24.6 Å². The second-order valence-electron chi connectivity index (χ2n) is 4.27. The van der Waals surface area contributed by atoms with Crippen LogP contribution in [0.25, 0.3) is 0 Å². The zero-order chi connectivity index (χ0) is 13.3. The fourth-order valence-electron chi connectivity index (χ4n) is 2.11. The molecule has 0 aliphatic carbocycles. The van der Waals surface area contributed by atoms with Gasteiger partial charge in [0.15, 0.2) is 0 Å². The van der Waals surface area contributed by atoms with Crippen molar-refractivity contribution in [3.63, 3.8) is 0 Å². The van der Waals surface area contributed by atoms with Crippen molar-refractivity contribution < 1.29 is 22.4 Å². The minimum absolute atomic E-state index is 0.148. The molecule has 0 N–H and O–H groups in total. The van der Waals surface area contributed by atoms with E-state index < -0.39 is 30.2 Å². The van der Waals surface area contributed by atoms with Gasteiger partial charge in [0, 0.05) is 18.2 Å². The lowest BCUT2D eigenvalue weighted by molar-refractivity contribution is -0.151. The number of carbonyl (C=O) groups excluding carboxylic acids is 1. The van der Waals surface area contributed by atoms with E-state index in [1.807, 2.05) is 0 Å². The molecular weight excluding hydrogens is 250 g/mol. The van der Waals surface area contributed by atoms with Crippen LogP contribution in [0.3, 0.4) is 0 Å². The molecule has 0 unspecified atom stereocenters. The molecule has 0 spiro atoms. The summed E-state index contributed by atoms with van der Waals surface area (Å²) in [5.74, 6) is -2.15. The number of hydrogen-bond acceptors (Lipinski definition) is 1. The Balaban J connectivity index is 2.12. The summed E-state index contributed by atoms with van der Waals surface area (Å²) in [5, 5.41) is 0. The summed E-state index contributed by atoms with van der Waals surface area (Å²) in [6, 6.07) is 5.30. The molecule has 0 saturated carbocycles. The van der Waals surface area contributed by atoms with Crippen molar-refractivity contribution in [3.05, 3.63) is 30.1 Å². The summed E-state index contributed by atoms with van der Waals surface area (Å²) in [7, 11) is 0. The van der Waals surface area contributed by atoms with Crippen LogP contribution in [-0.2, 0) is 4.79 Å². The largest absolute Gasteiger partial charge is 0.389 e. The molecule has 1 aromatic carbocycles. The highest BCUT2D eigenvalue weighted by Gasteiger charge is 2.40. The van der Waals surface area contributed by atoms with E-state index in [-0.39, 0.29) is 13.0 Å². The number of anilines is 1. The van der Waals surface area contributed by atoms with E-state index in [1.165, 1.54) is 23.1 Å². The average molecular weight is 261 g/mol. The highest BCUT2D eigenvalue weighted by Crippen LogP contribution is 2.33. The fourth-order valence-corrected chi connectivity index (χ4v) is 2.11. The van der Waals surface area contributed by atoms with Crippen molar-refractivity contribution in [2.24, 2.45) is 5.92 Å². The molecule has 1 fully saturated rings. The molecule has 98 valence electrons. The Hall–Kier alpha value is -1.59. The number of benzene rings is 1. The second kappa shape index (κ2) is 4.59. The molecule has 1 heterocycles. The van der Waals surface area contributed by atoms with Gasteiger partial charge < -0.3 is 4.90 Å². The lowest BCUT2D eigenvalue weighted by Gasteiger charge is -2.17. The van der Waals surface area contributed by atoms with Crippen molar-refractivity contribution in [3.8, 4) is 0 Å². The monoisotopic (exact) mass is 261 g/mol. The van der Waals surface area contributed by atoms with Gasteiger partial charge in [-0.3, -0.25) is 4.79 Å². The Bertz CT molecular complexity index is 458. The lowest BCUT2D eigenvalue weighted by Crippen LogP contribution is -2.29. The van der Waals surface area contributed by atoms with Crippen LogP contribution in [0.2, 0.25) is 0 Å². The summed E-state index contributed by atoms with van der Waals surface area (Å²) < 4.78 is 49.7. The topological polar surface area (TPSA) is 20.3 Å². The number of nitrogens with zero attached hydrogens (tertiary/aromatic N) is 1. The lowest BCUT2D eigenvalue weighted by atomic mass is 10.0. The van der Waals surface area contributed by atoms with E-state index in [2.05, 4.69) is 0 Å². The Morgan fingerprint density at radius 3 is 2.67 bits per heavy atom. The Kier molecular flexibility index (Phi) is 3.28. The van der Waals surface area contributed by atoms with Gasteiger partial charge in [0.2, 0.25) is 5.91 Å². The molecule has 2 nitrogen and oxygen atoms in total. The minimum atomic E-state index is -4.35. The molecule has 18 heavy (non-hydrogen) atoms. The maximum absolute atomic E-state index is 13.0. The van der Waals surface area contributed by atoms with Crippen LogP contribution in [0.1, 0.15) is 12.8 Å². The van der Waals surface area contributed by atoms with Crippen LogP contribution in [0.4, 0.5) is 23.2 Å². The van der Waals surface area contributed by atoms with Gasteiger partial charge in [-0.1, -0.05) is 6.07 Å². The predicted octanol–water partition coefficient (Wildman–Crippen LogP) is 3.13. The third-order valence-corrected chi connectivity index (χ3v) is 2.91. The summed E-state index contributed by atoms with van der Waals surface area (Å²) in [6.45, 7) is 0.197. The molecule has 6 heteroatoms. The van der Waals surface area contributed by atoms with Crippen LogP contribution >= 0.6 is 0 Å². The fraction of sp³-hybridized carbons (Fsp3) is 0.417. The first-order valence-corrected chi connectivity index (χ1v) is 5.50. The number of amides is 1. The summed E-state index contributed by atoms with van der Waals surface area (Å²) in [5.41, 5.74) is 0.310. The van der Waals surface area contributed by atoms with Crippen molar-refractivity contribution in [2.75, 3.05) is 11.4 Å². The maximum Gasteiger partial charge on any atom is 0.389 e. The number of alkyl halides is 3. The minimum Gasteiger partial charge on any atom is -0.312 e. The highest BCUT2D eigenvalue weighted by atomic mass is 19.4. The van der Waals surface area contributed by atoms with Crippen molar-refractivity contribution in [2.45, 2.75) is 19.0 Å². The molecule has 1 aliphatic heterocycles. The van der Waals surface area contributed by atoms with Crippen LogP contribution in [-0.4, -0.2) is 18.6 Å². The quantitative estimate of drug-likeness (QED) is 0.749. The van der Waals surface area contributed by atoms with E-state index in [0.29, 0.717) is 5.69 Å². The smallest absolute Gasteiger partial charge is 0.312 e. The molecule has 1 amide bonds. The maximum atomic E-state index is 13.0. The van der Waals surface area contributed by atoms with Gasteiger partial charge >= 0.3 is 6.18 Å². The Morgan fingerprint density at radius 1 is 1.33 bits per heavy atom. The van der Waals surface area contributed by atoms with E-state index in [4.69, 9.17) is 0 Å². The zero-order valence-corrected chi connectivity index (χ0v) is 9.38. The van der Waals surface area contributed by atoms with Gasteiger partial charge in [-0.25, -0.2) is 4.39 Å². The molecule has 0 bridgehead atoms. The standard InChI is InChI=1S/C12H11F4NO/c13-9-2-1-3-10(6-9)17-5-4-8(11(17)18)7-12(14,15)16/h1-3,6,8H,4-5,7H2/t8-/m0/s1. The van der Waals surface area contributed by atoms with Crippen LogP contribution < -0.4 is 4.90 Å². The number of halogens is 4. The SMILES string of the molecule is O=C1[C@H](CC(F)(F)F)CCN1c1cccc(F)c1. The normalized spacial score (nSPS) is 20.6. The molecule has 1 atom stereocenters.